The molecular formula is C21H21ClN4O3S2. The third-order valence-corrected chi connectivity index (χ3v) is 8.15. The van der Waals surface area contributed by atoms with Gasteiger partial charge in [-0.1, -0.05) is 35.1 Å². The van der Waals surface area contributed by atoms with Crippen molar-refractivity contribution in [2.24, 2.45) is 0 Å². The number of hydrogen-bond donors (Lipinski definition) is 1. The van der Waals surface area contributed by atoms with Gasteiger partial charge in [0, 0.05) is 17.3 Å². The normalized spacial score (nSPS) is 17.1. The number of halogens is 1. The number of aryl methyl sites for hydroxylation is 2. The minimum Gasteiger partial charge on any atom is -0.320 e. The highest BCUT2D eigenvalue weighted by atomic mass is 35.5. The summed E-state index contributed by atoms with van der Waals surface area (Å²) < 4.78 is 28.1. The summed E-state index contributed by atoms with van der Waals surface area (Å²) in [7, 11) is -3.69. The van der Waals surface area contributed by atoms with Crippen molar-refractivity contribution in [1.82, 2.24) is 14.5 Å². The Labute approximate surface area is 190 Å². The zero-order chi connectivity index (χ0) is 22.2. The molecule has 1 fully saturated rings. The number of benzene rings is 2. The molecule has 0 spiro atoms. The number of amides is 1. The SMILES string of the molecule is Cc1cc(C)cc(S(=O)(=O)N2CCC[C@H]2c2nnc(C(=O)Nc3cccc(Cl)c3)s2)c1. The molecule has 31 heavy (non-hydrogen) atoms. The van der Waals surface area contributed by atoms with Crippen LogP contribution in [0.3, 0.4) is 0 Å². The molecule has 0 saturated carbocycles. The van der Waals surface area contributed by atoms with Gasteiger partial charge in [0.2, 0.25) is 15.0 Å². The first kappa shape index (κ1) is 21.9. The van der Waals surface area contributed by atoms with Crippen LogP contribution in [0.25, 0.3) is 0 Å². The third-order valence-electron chi connectivity index (χ3n) is 5.01. The van der Waals surface area contributed by atoms with Gasteiger partial charge in [-0.15, -0.1) is 10.2 Å². The smallest absolute Gasteiger partial charge is 0.286 e. The van der Waals surface area contributed by atoms with Crippen molar-refractivity contribution >= 4 is 44.6 Å². The molecule has 7 nitrogen and oxygen atoms in total. The van der Waals surface area contributed by atoms with Crippen LogP contribution >= 0.6 is 22.9 Å². The fourth-order valence-corrected chi connectivity index (χ4v) is 6.70. The van der Waals surface area contributed by atoms with Crippen molar-refractivity contribution < 1.29 is 13.2 Å². The summed E-state index contributed by atoms with van der Waals surface area (Å²) in [6, 6.07) is 11.7. The number of nitrogens with zero attached hydrogens (tertiary/aromatic N) is 3. The molecule has 1 aliphatic rings. The highest BCUT2D eigenvalue weighted by Crippen LogP contribution is 2.38. The summed E-state index contributed by atoms with van der Waals surface area (Å²) in [5.74, 6) is -0.410. The van der Waals surface area contributed by atoms with Gasteiger partial charge in [0.15, 0.2) is 0 Å². The largest absolute Gasteiger partial charge is 0.320 e. The van der Waals surface area contributed by atoms with Crippen LogP contribution in [0, 0.1) is 13.8 Å². The maximum Gasteiger partial charge on any atom is 0.286 e. The Kier molecular flexibility index (Phi) is 6.11. The molecule has 1 atom stereocenters. The predicted molar refractivity (Wildman–Crippen MR) is 121 cm³/mol. The molecule has 2 heterocycles. The number of carbonyl (C=O) groups excluding carboxylic acids is 1. The van der Waals surface area contributed by atoms with Gasteiger partial charge in [-0.3, -0.25) is 4.79 Å². The molecule has 1 saturated heterocycles. The van der Waals surface area contributed by atoms with Gasteiger partial charge < -0.3 is 5.32 Å². The van der Waals surface area contributed by atoms with E-state index in [2.05, 4.69) is 15.5 Å². The summed E-state index contributed by atoms with van der Waals surface area (Å²) in [4.78, 5) is 12.8. The average molecular weight is 477 g/mol. The van der Waals surface area contributed by atoms with Gasteiger partial charge >= 0.3 is 0 Å². The van der Waals surface area contributed by atoms with Crippen LogP contribution in [0.5, 0.6) is 0 Å². The lowest BCUT2D eigenvalue weighted by molar-refractivity contribution is 0.102. The van der Waals surface area contributed by atoms with E-state index in [9.17, 15) is 13.2 Å². The number of carbonyl (C=O) groups is 1. The Morgan fingerprint density at radius 3 is 2.61 bits per heavy atom. The molecule has 3 aromatic rings. The fraction of sp³-hybridized carbons (Fsp3) is 0.286. The van der Waals surface area contributed by atoms with Crippen LogP contribution < -0.4 is 5.32 Å². The first-order valence-corrected chi connectivity index (χ1v) is 12.4. The second kappa shape index (κ2) is 8.66. The minimum atomic E-state index is -3.69. The predicted octanol–water partition coefficient (Wildman–Crippen LogP) is 4.59. The monoisotopic (exact) mass is 476 g/mol. The lowest BCUT2D eigenvalue weighted by atomic mass is 10.2. The summed E-state index contributed by atoms with van der Waals surface area (Å²) in [5, 5.41) is 12.1. The van der Waals surface area contributed by atoms with Crippen molar-refractivity contribution in [3.8, 4) is 0 Å². The number of anilines is 1. The summed E-state index contributed by atoms with van der Waals surface area (Å²) >= 11 is 7.06. The first-order valence-electron chi connectivity index (χ1n) is 9.74. The topological polar surface area (TPSA) is 92.3 Å². The Bertz CT molecular complexity index is 1220. The molecular weight excluding hydrogens is 456 g/mol. The second-order valence-electron chi connectivity index (χ2n) is 7.51. The maximum absolute atomic E-state index is 13.3. The van der Waals surface area contributed by atoms with Crippen molar-refractivity contribution in [3.63, 3.8) is 0 Å². The lowest BCUT2D eigenvalue weighted by Crippen LogP contribution is -2.30. The first-order chi connectivity index (χ1) is 14.7. The number of nitrogens with one attached hydrogen (secondary N) is 1. The van der Waals surface area contributed by atoms with E-state index in [1.165, 1.54) is 4.31 Å². The Balaban J connectivity index is 1.57. The molecule has 1 aromatic heterocycles. The van der Waals surface area contributed by atoms with Crippen molar-refractivity contribution in [2.75, 3.05) is 11.9 Å². The van der Waals surface area contributed by atoms with Gasteiger partial charge in [-0.25, -0.2) is 8.42 Å². The second-order valence-corrected chi connectivity index (χ2v) is 10.8. The van der Waals surface area contributed by atoms with Crippen molar-refractivity contribution in [2.45, 2.75) is 37.6 Å². The minimum absolute atomic E-state index is 0.172. The van der Waals surface area contributed by atoms with Gasteiger partial charge in [0.1, 0.15) is 5.01 Å². The van der Waals surface area contributed by atoms with Gasteiger partial charge in [-0.2, -0.15) is 4.31 Å². The van der Waals surface area contributed by atoms with E-state index in [4.69, 9.17) is 11.6 Å². The van der Waals surface area contributed by atoms with E-state index in [1.54, 1.807) is 36.4 Å². The molecule has 1 amide bonds. The van der Waals surface area contributed by atoms with E-state index in [0.717, 1.165) is 28.9 Å². The van der Waals surface area contributed by atoms with Crippen LogP contribution in [-0.2, 0) is 10.0 Å². The fourth-order valence-electron chi connectivity index (χ4n) is 3.70. The van der Waals surface area contributed by atoms with Crippen LogP contribution in [0.4, 0.5) is 5.69 Å². The quantitative estimate of drug-likeness (QED) is 0.581. The maximum atomic E-state index is 13.3. The lowest BCUT2D eigenvalue weighted by Gasteiger charge is -2.22. The van der Waals surface area contributed by atoms with E-state index >= 15 is 0 Å². The van der Waals surface area contributed by atoms with E-state index < -0.39 is 22.0 Å². The number of rotatable bonds is 5. The summed E-state index contributed by atoms with van der Waals surface area (Å²) in [6.07, 6.45) is 1.35. The van der Waals surface area contributed by atoms with E-state index in [0.29, 0.717) is 28.7 Å². The molecule has 10 heteroatoms. The molecule has 162 valence electrons. The number of sulfonamides is 1. The van der Waals surface area contributed by atoms with Gasteiger partial charge in [-0.05, 0) is 68.1 Å². The molecule has 0 unspecified atom stereocenters. The Hall–Kier alpha value is -2.33. The van der Waals surface area contributed by atoms with Gasteiger partial charge in [0.25, 0.3) is 5.91 Å². The number of hydrogen-bond acceptors (Lipinski definition) is 6. The zero-order valence-electron chi connectivity index (χ0n) is 17.0. The standard InChI is InChI=1S/C21H21ClN4O3S2/c1-13-9-14(2)11-17(10-13)31(28,29)26-8-4-7-18(26)20-24-25-21(30-20)19(27)23-16-6-3-5-15(22)12-16/h3,5-6,9-12,18H,4,7-8H2,1-2H3,(H,23,27)/t18-/m0/s1. The Morgan fingerprint density at radius 2 is 1.90 bits per heavy atom. The van der Waals surface area contributed by atoms with Crippen LogP contribution in [0.15, 0.2) is 47.4 Å². The highest BCUT2D eigenvalue weighted by Gasteiger charge is 2.38. The summed E-state index contributed by atoms with van der Waals surface area (Å²) in [6.45, 7) is 4.16. The van der Waals surface area contributed by atoms with Gasteiger partial charge in [0.05, 0.1) is 10.9 Å². The molecule has 4 rings (SSSR count). The molecule has 2 aromatic carbocycles. The molecule has 0 bridgehead atoms. The van der Waals surface area contributed by atoms with Crippen molar-refractivity contribution in [1.29, 1.82) is 0 Å². The van der Waals surface area contributed by atoms with Crippen molar-refractivity contribution in [3.05, 3.63) is 68.6 Å². The van der Waals surface area contributed by atoms with E-state index in [-0.39, 0.29) is 9.90 Å². The van der Waals surface area contributed by atoms with E-state index in [1.807, 2.05) is 19.9 Å². The van der Waals surface area contributed by atoms with Crippen LogP contribution in [0.2, 0.25) is 5.02 Å². The summed E-state index contributed by atoms with van der Waals surface area (Å²) in [5.41, 5.74) is 2.34. The zero-order valence-corrected chi connectivity index (χ0v) is 19.4. The Morgan fingerprint density at radius 1 is 1.16 bits per heavy atom. The molecule has 0 aliphatic carbocycles. The third kappa shape index (κ3) is 4.64. The average Bonchev–Trinajstić information content (AvgIpc) is 3.37. The molecule has 0 radical (unpaired) electrons. The highest BCUT2D eigenvalue weighted by molar-refractivity contribution is 7.89. The van der Waals surface area contributed by atoms with Crippen LogP contribution in [-0.4, -0.2) is 35.4 Å². The number of aromatic nitrogens is 2. The molecule has 1 aliphatic heterocycles. The molecule has 1 N–H and O–H groups in total. The van der Waals surface area contributed by atoms with Crippen LogP contribution in [0.1, 0.15) is 44.8 Å².